The molecule has 3 aromatic rings. The molecule has 0 aliphatic heterocycles. The van der Waals surface area contributed by atoms with Crippen LogP contribution in [-0.4, -0.2) is 32.2 Å². The Morgan fingerprint density at radius 1 is 0.714 bits per heavy atom. The molecule has 10 heteroatoms. The Labute approximate surface area is 168 Å². The van der Waals surface area contributed by atoms with Gasteiger partial charge in [-0.05, 0) is 49.9 Å². The molecular formula is C18H16N6O2S2. The molecular weight excluding hydrogens is 396 g/mol. The minimum atomic E-state index is -0.274. The van der Waals surface area contributed by atoms with Gasteiger partial charge in [-0.3, -0.25) is 20.2 Å². The van der Waals surface area contributed by atoms with E-state index in [1.165, 1.54) is 22.7 Å². The molecule has 2 saturated carbocycles. The molecule has 2 N–H and O–H groups in total. The molecule has 1 aromatic carbocycles. The molecule has 142 valence electrons. The predicted octanol–water partition coefficient (Wildman–Crippen LogP) is 3.65. The van der Waals surface area contributed by atoms with Gasteiger partial charge in [-0.15, -0.1) is 20.4 Å². The van der Waals surface area contributed by atoms with Crippen molar-refractivity contribution < 1.29 is 9.59 Å². The fourth-order valence-corrected chi connectivity index (χ4v) is 4.49. The van der Waals surface area contributed by atoms with Crippen molar-refractivity contribution in [2.45, 2.75) is 37.5 Å². The van der Waals surface area contributed by atoms with Crippen molar-refractivity contribution in [1.82, 2.24) is 20.4 Å². The molecule has 0 radical (unpaired) electrons. The van der Waals surface area contributed by atoms with Crippen LogP contribution in [0.4, 0.5) is 10.3 Å². The van der Waals surface area contributed by atoms with Gasteiger partial charge < -0.3 is 0 Å². The molecule has 28 heavy (non-hydrogen) atoms. The third-order valence-corrected chi connectivity index (χ3v) is 6.59. The summed E-state index contributed by atoms with van der Waals surface area (Å²) in [7, 11) is 0. The Kier molecular flexibility index (Phi) is 4.36. The highest BCUT2D eigenvalue weighted by molar-refractivity contribution is 7.15. The number of amides is 2. The van der Waals surface area contributed by atoms with Gasteiger partial charge in [-0.2, -0.15) is 0 Å². The second-order valence-corrected chi connectivity index (χ2v) is 8.94. The van der Waals surface area contributed by atoms with Crippen LogP contribution in [0.15, 0.2) is 24.3 Å². The molecule has 0 unspecified atom stereocenters. The smallest absolute Gasteiger partial charge is 0.257 e. The van der Waals surface area contributed by atoms with Gasteiger partial charge in [0.2, 0.25) is 10.3 Å². The lowest BCUT2D eigenvalue weighted by molar-refractivity contribution is 0.101. The van der Waals surface area contributed by atoms with Crippen molar-refractivity contribution in [3.05, 3.63) is 45.4 Å². The topological polar surface area (TPSA) is 110 Å². The van der Waals surface area contributed by atoms with E-state index in [0.29, 0.717) is 33.2 Å². The van der Waals surface area contributed by atoms with E-state index in [1.54, 1.807) is 24.3 Å². The number of aromatic nitrogens is 4. The quantitative estimate of drug-likeness (QED) is 0.639. The summed E-state index contributed by atoms with van der Waals surface area (Å²) in [4.78, 5) is 24.7. The second-order valence-electron chi connectivity index (χ2n) is 6.93. The average molecular weight is 413 g/mol. The lowest BCUT2D eigenvalue weighted by Gasteiger charge is -2.04. The van der Waals surface area contributed by atoms with Gasteiger partial charge in [0.25, 0.3) is 11.8 Å². The summed E-state index contributed by atoms with van der Waals surface area (Å²) >= 11 is 2.83. The number of anilines is 2. The lowest BCUT2D eigenvalue weighted by atomic mass is 10.1. The van der Waals surface area contributed by atoms with Crippen LogP contribution >= 0.6 is 22.7 Å². The van der Waals surface area contributed by atoms with Gasteiger partial charge in [-0.25, -0.2) is 0 Å². The number of nitrogens with zero attached hydrogens (tertiary/aromatic N) is 4. The highest BCUT2D eigenvalue weighted by Crippen LogP contribution is 2.42. The summed E-state index contributed by atoms with van der Waals surface area (Å²) in [6, 6.07) is 6.46. The first-order valence-corrected chi connectivity index (χ1v) is 10.7. The maximum atomic E-state index is 12.4. The van der Waals surface area contributed by atoms with E-state index in [0.717, 1.165) is 35.7 Å². The first kappa shape index (κ1) is 17.4. The molecule has 0 spiro atoms. The Bertz CT molecular complexity index is 953. The lowest BCUT2D eigenvalue weighted by Crippen LogP contribution is -2.14. The summed E-state index contributed by atoms with van der Waals surface area (Å²) in [5.41, 5.74) is 0.901. The second kappa shape index (κ2) is 7.02. The highest BCUT2D eigenvalue weighted by Gasteiger charge is 2.28. The first-order valence-electron chi connectivity index (χ1n) is 9.05. The van der Waals surface area contributed by atoms with Crippen LogP contribution in [0.3, 0.4) is 0 Å². The molecule has 2 heterocycles. The summed E-state index contributed by atoms with van der Waals surface area (Å²) in [6.45, 7) is 0. The van der Waals surface area contributed by atoms with Crippen LogP contribution in [0.25, 0.3) is 0 Å². The van der Waals surface area contributed by atoms with E-state index in [4.69, 9.17) is 0 Å². The van der Waals surface area contributed by atoms with Crippen LogP contribution in [0.5, 0.6) is 0 Å². The monoisotopic (exact) mass is 412 g/mol. The number of carbonyl (C=O) groups excluding carboxylic acids is 2. The number of carbonyl (C=O) groups is 2. The Balaban J connectivity index is 1.21. The molecule has 2 aliphatic rings. The number of hydrogen-bond donors (Lipinski definition) is 2. The van der Waals surface area contributed by atoms with Gasteiger partial charge in [0.1, 0.15) is 10.0 Å². The van der Waals surface area contributed by atoms with Crippen molar-refractivity contribution >= 4 is 44.8 Å². The normalized spacial score (nSPS) is 16.0. The van der Waals surface area contributed by atoms with Crippen molar-refractivity contribution in [2.24, 2.45) is 0 Å². The number of nitrogens with one attached hydrogen (secondary N) is 2. The average Bonchev–Trinajstić information content (AvgIpc) is 3.64. The first-order chi connectivity index (χ1) is 13.7. The standard InChI is InChI=1S/C18H16N6O2S2/c25-13(19-17-23-21-15(27-17)11-5-6-11)9-1-2-10(4-3-9)14(26)20-18-24-22-16(28-18)12-7-8-12/h1-4,11-12H,5-8H2,(H,19,23,25)(H,20,24,26). The third kappa shape index (κ3) is 3.78. The fraction of sp³-hybridized carbons (Fsp3) is 0.333. The summed E-state index contributed by atoms with van der Waals surface area (Å²) in [6.07, 6.45) is 4.58. The SMILES string of the molecule is O=C(Nc1nnc(C2CC2)s1)c1ccc(C(=O)Nc2nnc(C3CC3)s2)cc1. The molecule has 0 atom stereocenters. The van der Waals surface area contributed by atoms with Gasteiger partial charge in [0.15, 0.2) is 0 Å². The van der Waals surface area contributed by atoms with E-state index >= 15 is 0 Å². The Morgan fingerprint density at radius 2 is 1.11 bits per heavy atom. The van der Waals surface area contributed by atoms with E-state index in [9.17, 15) is 9.59 Å². The third-order valence-electron chi connectivity index (χ3n) is 4.58. The molecule has 2 fully saturated rings. The van der Waals surface area contributed by atoms with Crippen LogP contribution < -0.4 is 10.6 Å². The molecule has 8 nitrogen and oxygen atoms in total. The van der Waals surface area contributed by atoms with Gasteiger partial charge in [-0.1, -0.05) is 22.7 Å². The van der Waals surface area contributed by atoms with Gasteiger partial charge in [0.05, 0.1) is 0 Å². The number of hydrogen-bond acceptors (Lipinski definition) is 8. The highest BCUT2D eigenvalue weighted by atomic mass is 32.1. The zero-order valence-electron chi connectivity index (χ0n) is 14.7. The molecule has 2 aromatic heterocycles. The minimum absolute atomic E-state index is 0.274. The van der Waals surface area contributed by atoms with Crippen LogP contribution in [0.1, 0.15) is 68.3 Å². The van der Waals surface area contributed by atoms with Crippen molar-refractivity contribution in [1.29, 1.82) is 0 Å². The van der Waals surface area contributed by atoms with E-state index in [-0.39, 0.29) is 11.8 Å². The van der Waals surface area contributed by atoms with E-state index in [1.807, 2.05) is 0 Å². The Morgan fingerprint density at radius 3 is 1.46 bits per heavy atom. The van der Waals surface area contributed by atoms with E-state index in [2.05, 4.69) is 31.0 Å². The maximum absolute atomic E-state index is 12.4. The summed E-state index contributed by atoms with van der Waals surface area (Å²) in [5, 5.41) is 24.7. The molecule has 0 saturated heterocycles. The van der Waals surface area contributed by atoms with Gasteiger partial charge in [0, 0.05) is 23.0 Å². The molecule has 2 aliphatic carbocycles. The number of rotatable bonds is 6. The van der Waals surface area contributed by atoms with E-state index < -0.39 is 0 Å². The largest absolute Gasteiger partial charge is 0.296 e. The van der Waals surface area contributed by atoms with Crippen molar-refractivity contribution in [3.63, 3.8) is 0 Å². The van der Waals surface area contributed by atoms with Crippen LogP contribution in [0.2, 0.25) is 0 Å². The molecule has 2 amide bonds. The fourth-order valence-electron chi connectivity index (χ4n) is 2.67. The van der Waals surface area contributed by atoms with Crippen molar-refractivity contribution in [3.8, 4) is 0 Å². The minimum Gasteiger partial charge on any atom is -0.296 e. The van der Waals surface area contributed by atoms with Crippen LogP contribution in [0, 0.1) is 0 Å². The predicted molar refractivity (Wildman–Crippen MR) is 106 cm³/mol. The van der Waals surface area contributed by atoms with Crippen LogP contribution in [-0.2, 0) is 0 Å². The molecule has 0 bridgehead atoms. The summed E-state index contributed by atoms with van der Waals surface area (Å²) in [5.74, 6) is 0.469. The summed E-state index contributed by atoms with van der Waals surface area (Å²) < 4.78 is 0. The zero-order chi connectivity index (χ0) is 19.1. The molecule has 5 rings (SSSR count). The number of benzene rings is 1. The van der Waals surface area contributed by atoms with Gasteiger partial charge >= 0.3 is 0 Å². The zero-order valence-corrected chi connectivity index (χ0v) is 16.3. The maximum Gasteiger partial charge on any atom is 0.257 e. The Hall–Kier alpha value is -2.72. The van der Waals surface area contributed by atoms with Crippen molar-refractivity contribution in [2.75, 3.05) is 10.6 Å².